The van der Waals surface area contributed by atoms with Crippen LogP contribution in [0.1, 0.15) is 0 Å². The van der Waals surface area contributed by atoms with Gasteiger partial charge in [-0.25, -0.2) is 0 Å². The Bertz CT molecular complexity index is 367. The minimum Gasteiger partial charge on any atom is -0.394 e. The summed E-state index contributed by atoms with van der Waals surface area (Å²) in [6.45, 7) is -1.91. The van der Waals surface area contributed by atoms with E-state index in [-0.39, 0.29) is 0 Å². The lowest BCUT2D eigenvalue weighted by Crippen LogP contribution is -2.44. The third-order valence-electron chi connectivity index (χ3n) is 2.56. The quantitative estimate of drug-likeness (QED) is 0.198. The number of aliphatic hydroxyl groups is 8. The lowest BCUT2D eigenvalue weighted by Gasteiger charge is -2.19. The standard InChI is InChI=1S/C10H18N2O10/c13-1-3(15)5(17)7(19)9(21)11-12-10(22)8(20)6(18)4(16)2-14/h3-8,13-20H,1-2H2/t3-,4-,5-,6-,7-,8-/m1/s1. The van der Waals surface area contributed by atoms with E-state index in [0.717, 1.165) is 0 Å². The van der Waals surface area contributed by atoms with E-state index in [0.29, 0.717) is 0 Å². The van der Waals surface area contributed by atoms with Crippen LogP contribution in [-0.2, 0) is 9.59 Å². The van der Waals surface area contributed by atoms with Gasteiger partial charge in [0.25, 0.3) is 11.8 Å². The Morgan fingerprint density at radius 2 is 0.955 bits per heavy atom. The fraction of sp³-hybridized carbons (Fsp3) is 0.800. The van der Waals surface area contributed by atoms with Gasteiger partial charge in [0.15, 0.2) is 12.2 Å². The topological polar surface area (TPSA) is 221 Å². The normalized spacial score (nSPS) is 20.2. The molecule has 2 amide bonds. The van der Waals surface area contributed by atoms with Gasteiger partial charge in [0.2, 0.25) is 0 Å². The largest absolute Gasteiger partial charge is 0.394 e. The summed E-state index contributed by atoms with van der Waals surface area (Å²) in [5.74, 6) is -3.12. The summed E-state index contributed by atoms with van der Waals surface area (Å²) < 4.78 is 0. The van der Waals surface area contributed by atoms with Gasteiger partial charge in [-0.05, 0) is 0 Å². The van der Waals surface area contributed by atoms with Gasteiger partial charge in [-0.1, -0.05) is 0 Å². The van der Waals surface area contributed by atoms with Crippen LogP contribution in [0.4, 0.5) is 0 Å². The average Bonchev–Trinajstić information content (AvgIpc) is 2.54. The molecule has 22 heavy (non-hydrogen) atoms. The predicted octanol–water partition coefficient (Wildman–Crippen LogP) is -5.36. The molecule has 0 spiro atoms. The Morgan fingerprint density at radius 1 is 0.682 bits per heavy atom. The molecule has 6 atom stereocenters. The average molecular weight is 326 g/mol. The number of hydrogen-bond acceptors (Lipinski definition) is 10. The highest BCUT2D eigenvalue weighted by Gasteiger charge is 2.32. The summed E-state index contributed by atoms with van der Waals surface area (Å²) in [6, 6.07) is 0. The number of carbonyl (C=O) groups excluding carboxylic acids is 2. The minimum absolute atomic E-state index is 0.953. The van der Waals surface area contributed by atoms with Crippen LogP contribution >= 0.6 is 0 Å². The van der Waals surface area contributed by atoms with Crippen molar-refractivity contribution in [1.82, 2.24) is 0 Å². The number of rotatable bonds is 8. The molecule has 0 aliphatic carbocycles. The molecule has 0 saturated heterocycles. The number of aliphatic hydroxyl groups excluding tert-OH is 8. The highest BCUT2D eigenvalue weighted by Crippen LogP contribution is 2.05. The van der Waals surface area contributed by atoms with E-state index in [1.807, 2.05) is 0 Å². The van der Waals surface area contributed by atoms with Crippen molar-refractivity contribution in [2.24, 2.45) is 10.2 Å². The number of azo groups is 1. The summed E-state index contributed by atoms with van der Waals surface area (Å²) >= 11 is 0. The molecular formula is C10H18N2O10. The summed E-state index contributed by atoms with van der Waals surface area (Å²) in [4.78, 5) is 22.5. The zero-order chi connectivity index (χ0) is 17.4. The number of amides is 2. The van der Waals surface area contributed by atoms with Crippen molar-refractivity contribution in [2.45, 2.75) is 36.6 Å². The van der Waals surface area contributed by atoms with Crippen molar-refractivity contribution in [3.63, 3.8) is 0 Å². The van der Waals surface area contributed by atoms with Gasteiger partial charge >= 0.3 is 0 Å². The second kappa shape index (κ2) is 9.60. The molecule has 0 aromatic carbocycles. The van der Waals surface area contributed by atoms with E-state index < -0.39 is 61.7 Å². The molecule has 0 radical (unpaired) electrons. The minimum atomic E-state index is -2.29. The smallest absolute Gasteiger partial charge is 0.295 e. The fourth-order valence-corrected chi connectivity index (χ4v) is 1.15. The first-order chi connectivity index (χ1) is 10.2. The van der Waals surface area contributed by atoms with Gasteiger partial charge in [-0.3, -0.25) is 9.59 Å². The van der Waals surface area contributed by atoms with Crippen LogP contribution in [0, 0.1) is 0 Å². The Kier molecular flexibility index (Phi) is 9.00. The summed E-state index contributed by atoms with van der Waals surface area (Å²) in [6.07, 6.45) is -12.4. The van der Waals surface area contributed by atoms with Crippen molar-refractivity contribution in [1.29, 1.82) is 0 Å². The highest BCUT2D eigenvalue weighted by molar-refractivity contribution is 5.86. The molecule has 0 heterocycles. The van der Waals surface area contributed by atoms with Crippen LogP contribution in [0.15, 0.2) is 10.2 Å². The van der Waals surface area contributed by atoms with Crippen molar-refractivity contribution in [3.05, 3.63) is 0 Å². The first-order valence-electron chi connectivity index (χ1n) is 5.96. The van der Waals surface area contributed by atoms with Crippen LogP contribution in [-0.4, -0.2) is 103 Å². The number of carbonyl (C=O) groups is 2. The van der Waals surface area contributed by atoms with Crippen molar-refractivity contribution >= 4 is 11.8 Å². The third kappa shape index (κ3) is 5.78. The molecule has 12 nitrogen and oxygen atoms in total. The zero-order valence-corrected chi connectivity index (χ0v) is 11.2. The summed E-state index contributed by atoms with van der Waals surface area (Å²) in [5, 5.41) is 77.3. The molecule has 0 rings (SSSR count). The lowest BCUT2D eigenvalue weighted by atomic mass is 10.1. The third-order valence-corrected chi connectivity index (χ3v) is 2.56. The molecule has 0 unspecified atom stereocenters. The Balaban J connectivity index is 4.70. The van der Waals surface area contributed by atoms with E-state index in [9.17, 15) is 30.0 Å². The van der Waals surface area contributed by atoms with Gasteiger partial charge in [-0.15, -0.1) is 10.2 Å². The van der Waals surface area contributed by atoms with Gasteiger partial charge in [0.05, 0.1) is 13.2 Å². The maximum absolute atomic E-state index is 11.2. The summed E-state index contributed by atoms with van der Waals surface area (Å²) in [7, 11) is 0. The second-order valence-electron chi connectivity index (χ2n) is 4.25. The van der Waals surface area contributed by atoms with Crippen LogP contribution in [0.2, 0.25) is 0 Å². The van der Waals surface area contributed by atoms with E-state index >= 15 is 0 Å². The Morgan fingerprint density at radius 3 is 1.18 bits per heavy atom. The molecule has 12 heteroatoms. The number of hydrogen-bond donors (Lipinski definition) is 8. The summed E-state index contributed by atoms with van der Waals surface area (Å²) in [5.41, 5.74) is 0. The van der Waals surface area contributed by atoms with E-state index in [1.54, 1.807) is 0 Å². The molecule has 0 aromatic heterocycles. The molecule has 0 aliphatic heterocycles. The monoisotopic (exact) mass is 326 g/mol. The van der Waals surface area contributed by atoms with Crippen molar-refractivity contribution < 1.29 is 50.4 Å². The van der Waals surface area contributed by atoms with Gasteiger partial charge in [0, 0.05) is 0 Å². The van der Waals surface area contributed by atoms with Crippen molar-refractivity contribution in [3.8, 4) is 0 Å². The Labute approximate surface area is 123 Å². The fourth-order valence-electron chi connectivity index (χ4n) is 1.15. The van der Waals surface area contributed by atoms with Crippen LogP contribution < -0.4 is 0 Å². The maximum atomic E-state index is 11.2. The van der Waals surface area contributed by atoms with E-state index in [4.69, 9.17) is 20.4 Å². The van der Waals surface area contributed by atoms with Crippen LogP contribution in [0.5, 0.6) is 0 Å². The molecule has 0 aliphatic rings. The van der Waals surface area contributed by atoms with Crippen LogP contribution in [0.25, 0.3) is 0 Å². The van der Waals surface area contributed by atoms with Gasteiger partial charge in [-0.2, -0.15) is 0 Å². The molecular weight excluding hydrogens is 308 g/mol. The van der Waals surface area contributed by atoms with Crippen LogP contribution in [0.3, 0.4) is 0 Å². The molecule has 0 fully saturated rings. The van der Waals surface area contributed by atoms with E-state index in [1.165, 1.54) is 0 Å². The molecule has 0 saturated carbocycles. The molecule has 0 bridgehead atoms. The molecule has 128 valence electrons. The van der Waals surface area contributed by atoms with Crippen molar-refractivity contribution in [2.75, 3.05) is 13.2 Å². The van der Waals surface area contributed by atoms with E-state index in [2.05, 4.69) is 10.2 Å². The Hall–Kier alpha value is -1.38. The lowest BCUT2D eigenvalue weighted by molar-refractivity contribution is -0.143. The van der Waals surface area contributed by atoms with Gasteiger partial charge in [0.1, 0.15) is 24.4 Å². The maximum Gasteiger partial charge on any atom is 0.295 e. The number of nitrogens with zero attached hydrogens (tertiary/aromatic N) is 2. The highest BCUT2D eigenvalue weighted by atomic mass is 16.4. The first kappa shape index (κ1) is 20.6. The zero-order valence-electron chi connectivity index (χ0n) is 11.2. The van der Waals surface area contributed by atoms with Gasteiger partial charge < -0.3 is 40.9 Å². The molecule has 8 N–H and O–H groups in total. The SMILES string of the molecule is O=C(N=NC(=O)[C@H](O)[C@H](O)[C@H](O)CO)[C@H](O)[C@H](O)[C@H](O)CO. The predicted molar refractivity (Wildman–Crippen MR) is 65.1 cm³/mol. The first-order valence-corrected chi connectivity index (χ1v) is 5.96. The second-order valence-corrected chi connectivity index (χ2v) is 4.25. The molecule has 0 aromatic rings.